The second-order valence-electron chi connectivity index (χ2n) is 4.37. The lowest BCUT2D eigenvalue weighted by Crippen LogP contribution is -2.10. The molecule has 0 saturated heterocycles. The van der Waals surface area contributed by atoms with E-state index in [0.717, 1.165) is 16.7 Å². The molecule has 20 heavy (non-hydrogen) atoms. The van der Waals surface area contributed by atoms with E-state index in [1.165, 1.54) is 0 Å². The predicted molar refractivity (Wildman–Crippen MR) is 87.9 cm³/mol. The SMILES string of the molecule is Cc1cc(C(N)=S)ccc1COc1cc(Cl)ccc1Cl. The van der Waals surface area contributed by atoms with E-state index in [1.54, 1.807) is 18.2 Å². The van der Waals surface area contributed by atoms with Crippen LogP contribution in [-0.4, -0.2) is 4.99 Å². The number of hydrogen-bond acceptors (Lipinski definition) is 2. The molecule has 0 saturated carbocycles. The molecule has 2 rings (SSSR count). The third-order valence-corrected chi connectivity index (χ3v) is 3.69. The van der Waals surface area contributed by atoms with Gasteiger partial charge in [0, 0.05) is 16.7 Å². The Morgan fingerprint density at radius 3 is 2.60 bits per heavy atom. The minimum atomic E-state index is 0.387. The van der Waals surface area contributed by atoms with Crippen LogP contribution in [0.25, 0.3) is 0 Å². The van der Waals surface area contributed by atoms with Crippen molar-refractivity contribution in [2.45, 2.75) is 13.5 Å². The van der Waals surface area contributed by atoms with Crippen molar-refractivity contribution >= 4 is 40.4 Å². The first-order valence-corrected chi connectivity index (χ1v) is 7.11. The van der Waals surface area contributed by atoms with Gasteiger partial charge in [0.1, 0.15) is 17.3 Å². The van der Waals surface area contributed by atoms with Gasteiger partial charge in [-0.15, -0.1) is 0 Å². The van der Waals surface area contributed by atoms with Gasteiger partial charge in [-0.25, -0.2) is 0 Å². The number of nitrogens with two attached hydrogens (primary N) is 1. The molecule has 2 aromatic rings. The van der Waals surface area contributed by atoms with Gasteiger partial charge in [-0.05, 0) is 36.2 Å². The lowest BCUT2D eigenvalue weighted by atomic mass is 10.1. The van der Waals surface area contributed by atoms with E-state index in [9.17, 15) is 0 Å². The standard InChI is InChI=1S/C15H13Cl2NOS/c1-9-6-10(15(18)20)2-3-11(9)8-19-14-7-12(16)4-5-13(14)17/h2-7H,8H2,1H3,(H2,18,20). The molecule has 0 amide bonds. The Bertz CT molecular complexity index is 658. The highest BCUT2D eigenvalue weighted by molar-refractivity contribution is 7.80. The van der Waals surface area contributed by atoms with E-state index in [-0.39, 0.29) is 0 Å². The third kappa shape index (κ3) is 3.63. The smallest absolute Gasteiger partial charge is 0.139 e. The number of halogens is 2. The number of ether oxygens (including phenoxy) is 1. The van der Waals surface area contributed by atoms with E-state index >= 15 is 0 Å². The van der Waals surface area contributed by atoms with Crippen LogP contribution in [-0.2, 0) is 6.61 Å². The minimum absolute atomic E-state index is 0.387. The molecule has 0 aliphatic carbocycles. The van der Waals surface area contributed by atoms with Crippen LogP contribution in [0.3, 0.4) is 0 Å². The highest BCUT2D eigenvalue weighted by atomic mass is 35.5. The monoisotopic (exact) mass is 325 g/mol. The van der Waals surface area contributed by atoms with Gasteiger partial charge in [0.2, 0.25) is 0 Å². The fraction of sp³-hybridized carbons (Fsp3) is 0.133. The van der Waals surface area contributed by atoms with E-state index in [0.29, 0.717) is 27.4 Å². The summed E-state index contributed by atoms with van der Waals surface area (Å²) in [6, 6.07) is 10.9. The summed E-state index contributed by atoms with van der Waals surface area (Å²) < 4.78 is 5.70. The number of benzene rings is 2. The second kappa shape index (κ2) is 6.44. The Morgan fingerprint density at radius 2 is 1.95 bits per heavy atom. The van der Waals surface area contributed by atoms with Crippen molar-refractivity contribution in [1.82, 2.24) is 0 Å². The Kier molecular flexibility index (Phi) is 4.86. The molecular formula is C15H13Cl2NOS. The Morgan fingerprint density at radius 1 is 1.20 bits per heavy atom. The minimum Gasteiger partial charge on any atom is -0.487 e. The average molecular weight is 326 g/mol. The summed E-state index contributed by atoms with van der Waals surface area (Å²) in [6.45, 7) is 2.39. The summed E-state index contributed by atoms with van der Waals surface area (Å²) in [7, 11) is 0. The van der Waals surface area contributed by atoms with Gasteiger partial charge in [-0.2, -0.15) is 0 Å². The zero-order chi connectivity index (χ0) is 14.7. The molecule has 0 heterocycles. The quantitative estimate of drug-likeness (QED) is 0.839. The summed E-state index contributed by atoms with van der Waals surface area (Å²) in [4.78, 5) is 0.387. The predicted octanol–water partition coefficient (Wildman–Crippen LogP) is 4.52. The van der Waals surface area contributed by atoms with Crippen molar-refractivity contribution in [2.24, 2.45) is 5.73 Å². The van der Waals surface area contributed by atoms with Gasteiger partial charge < -0.3 is 10.5 Å². The maximum atomic E-state index is 6.05. The molecule has 5 heteroatoms. The Balaban J connectivity index is 2.15. The zero-order valence-corrected chi connectivity index (χ0v) is 13.1. The van der Waals surface area contributed by atoms with Crippen LogP contribution in [0.4, 0.5) is 0 Å². The number of thiocarbonyl (C=S) groups is 1. The lowest BCUT2D eigenvalue weighted by molar-refractivity contribution is 0.305. The van der Waals surface area contributed by atoms with Gasteiger partial charge >= 0.3 is 0 Å². The average Bonchev–Trinajstić information content (AvgIpc) is 2.40. The molecule has 104 valence electrons. The molecule has 0 aliphatic rings. The molecule has 0 aliphatic heterocycles. The van der Waals surface area contributed by atoms with Crippen LogP contribution >= 0.6 is 35.4 Å². The van der Waals surface area contributed by atoms with Gasteiger partial charge in [-0.3, -0.25) is 0 Å². The van der Waals surface area contributed by atoms with Crippen LogP contribution in [0.2, 0.25) is 10.0 Å². The molecule has 0 bridgehead atoms. The van der Waals surface area contributed by atoms with Crippen LogP contribution in [0.1, 0.15) is 16.7 Å². The van der Waals surface area contributed by atoms with E-state index in [2.05, 4.69) is 0 Å². The highest BCUT2D eigenvalue weighted by Crippen LogP contribution is 2.28. The Labute approximate surface area is 133 Å². The van der Waals surface area contributed by atoms with Crippen molar-refractivity contribution in [3.63, 3.8) is 0 Å². The largest absolute Gasteiger partial charge is 0.487 e. The van der Waals surface area contributed by atoms with Gasteiger partial charge in [-0.1, -0.05) is 47.6 Å². The van der Waals surface area contributed by atoms with E-state index in [1.807, 2.05) is 25.1 Å². The highest BCUT2D eigenvalue weighted by Gasteiger charge is 2.06. The first-order valence-electron chi connectivity index (χ1n) is 5.94. The molecule has 0 fully saturated rings. The fourth-order valence-corrected chi connectivity index (χ4v) is 2.22. The maximum Gasteiger partial charge on any atom is 0.139 e. The first kappa shape index (κ1) is 15.1. The van der Waals surface area contributed by atoms with Gasteiger partial charge in [0.15, 0.2) is 0 Å². The zero-order valence-electron chi connectivity index (χ0n) is 10.8. The van der Waals surface area contributed by atoms with E-state index in [4.69, 9.17) is 45.9 Å². The number of rotatable bonds is 4. The fourth-order valence-electron chi connectivity index (χ4n) is 1.75. The summed E-state index contributed by atoms with van der Waals surface area (Å²) in [5.74, 6) is 0.567. The van der Waals surface area contributed by atoms with Crippen molar-refractivity contribution < 1.29 is 4.74 Å². The van der Waals surface area contributed by atoms with Crippen molar-refractivity contribution in [2.75, 3.05) is 0 Å². The van der Waals surface area contributed by atoms with Crippen LogP contribution in [0.5, 0.6) is 5.75 Å². The van der Waals surface area contributed by atoms with Gasteiger partial charge in [0.25, 0.3) is 0 Å². The molecule has 0 spiro atoms. The van der Waals surface area contributed by atoms with Crippen molar-refractivity contribution in [1.29, 1.82) is 0 Å². The first-order chi connectivity index (χ1) is 9.47. The topological polar surface area (TPSA) is 35.2 Å². The number of aryl methyl sites for hydroxylation is 1. The molecule has 0 aromatic heterocycles. The van der Waals surface area contributed by atoms with Crippen molar-refractivity contribution in [3.8, 4) is 5.75 Å². The van der Waals surface area contributed by atoms with Gasteiger partial charge in [0.05, 0.1) is 5.02 Å². The number of hydrogen-bond donors (Lipinski definition) is 1. The lowest BCUT2D eigenvalue weighted by Gasteiger charge is -2.11. The summed E-state index contributed by atoms with van der Waals surface area (Å²) in [6.07, 6.45) is 0. The van der Waals surface area contributed by atoms with Crippen molar-refractivity contribution in [3.05, 3.63) is 63.1 Å². The summed E-state index contributed by atoms with van der Waals surface area (Å²) in [5.41, 5.74) is 8.56. The summed E-state index contributed by atoms with van der Waals surface area (Å²) in [5, 5.41) is 1.12. The molecule has 2 aromatic carbocycles. The second-order valence-corrected chi connectivity index (χ2v) is 5.65. The molecule has 0 unspecified atom stereocenters. The normalized spacial score (nSPS) is 10.3. The maximum absolute atomic E-state index is 6.05. The van der Waals surface area contributed by atoms with Crippen LogP contribution < -0.4 is 10.5 Å². The van der Waals surface area contributed by atoms with Crippen LogP contribution in [0, 0.1) is 6.92 Å². The van der Waals surface area contributed by atoms with Crippen LogP contribution in [0.15, 0.2) is 36.4 Å². The molecular weight excluding hydrogens is 313 g/mol. The molecule has 2 nitrogen and oxygen atoms in total. The molecule has 0 atom stereocenters. The summed E-state index contributed by atoms with van der Waals surface area (Å²) >= 11 is 16.9. The Hall–Kier alpha value is -1.29. The molecule has 2 N–H and O–H groups in total. The molecule has 0 radical (unpaired) electrons. The van der Waals surface area contributed by atoms with E-state index < -0.39 is 0 Å². The third-order valence-electron chi connectivity index (χ3n) is 2.90.